The van der Waals surface area contributed by atoms with Crippen molar-refractivity contribution in [3.63, 3.8) is 0 Å². The van der Waals surface area contributed by atoms with Crippen molar-refractivity contribution in [1.29, 1.82) is 0 Å². The van der Waals surface area contributed by atoms with Gasteiger partial charge in [-0.3, -0.25) is 14.4 Å². The van der Waals surface area contributed by atoms with Crippen LogP contribution in [0.3, 0.4) is 0 Å². The first-order valence-electron chi connectivity index (χ1n) is 8.24. The summed E-state index contributed by atoms with van der Waals surface area (Å²) < 4.78 is 5.47. The predicted octanol–water partition coefficient (Wildman–Crippen LogP) is 0.569. The smallest absolute Gasteiger partial charge is 0.250 e. The zero-order valence-corrected chi connectivity index (χ0v) is 14.5. The van der Waals surface area contributed by atoms with Crippen LogP contribution in [0.25, 0.3) is 0 Å². The highest BCUT2D eigenvalue weighted by Gasteiger charge is 2.22. The molecule has 0 aliphatic rings. The Kier molecular flexibility index (Phi) is 7.33. The molecule has 0 saturated carbocycles. The van der Waals surface area contributed by atoms with Crippen LogP contribution < -0.4 is 21.1 Å². The van der Waals surface area contributed by atoms with E-state index < -0.39 is 30.4 Å². The van der Waals surface area contributed by atoms with Crippen molar-refractivity contribution in [2.45, 2.75) is 6.04 Å². The molecular formula is C19H20N3O5. The van der Waals surface area contributed by atoms with Crippen LogP contribution in [0.5, 0.6) is 5.75 Å². The molecule has 27 heavy (non-hydrogen) atoms. The molecule has 4 N–H and O–H groups in total. The molecule has 1 atom stereocenters. The molecule has 8 nitrogen and oxygen atoms in total. The third-order valence-corrected chi connectivity index (χ3v) is 3.64. The van der Waals surface area contributed by atoms with Crippen LogP contribution in [0.2, 0.25) is 0 Å². The molecule has 0 heterocycles. The van der Waals surface area contributed by atoms with Gasteiger partial charge in [-0.05, 0) is 29.8 Å². The summed E-state index contributed by atoms with van der Waals surface area (Å²) in [6, 6.07) is 14.0. The molecule has 2 aromatic rings. The molecular weight excluding hydrogens is 350 g/mol. The number of hydrogen-bond donors (Lipinski definition) is 3. The molecule has 3 amide bonds. The average Bonchev–Trinajstić information content (AvgIpc) is 2.70. The average molecular weight is 370 g/mol. The minimum absolute atomic E-state index is 0.179. The fraction of sp³-hybridized carbons (Fsp3) is 0.211. The van der Waals surface area contributed by atoms with Crippen molar-refractivity contribution >= 4 is 17.7 Å². The minimum Gasteiger partial charge on any atom is -0.492 e. The van der Waals surface area contributed by atoms with Crippen molar-refractivity contribution < 1.29 is 24.2 Å². The van der Waals surface area contributed by atoms with Gasteiger partial charge in [0.25, 0.3) is 0 Å². The Bertz CT molecular complexity index is 778. The monoisotopic (exact) mass is 370 g/mol. The molecule has 0 aliphatic heterocycles. The van der Waals surface area contributed by atoms with E-state index >= 15 is 0 Å². The molecule has 0 fully saturated rings. The van der Waals surface area contributed by atoms with E-state index in [1.54, 1.807) is 54.6 Å². The fourth-order valence-electron chi connectivity index (χ4n) is 2.31. The Labute approximate surface area is 156 Å². The maximum absolute atomic E-state index is 12.4. The maximum atomic E-state index is 12.4. The molecule has 1 radical (unpaired) electrons. The van der Waals surface area contributed by atoms with E-state index in [2.05, 4.69) is 10.6 Å². The molecule has 0 aromatic heterocycles. The number of ether oxygens (including phenoxy) is 1. The standard InChI is InChI=1S/C19H20N3O5/c20-18(25)14-6-8-15(9-7-14)27-11-10-21-19(26)17(22-16(24)12-23)13-4-2-1-3-5-13/h1-9,17H,10-12H2,(H2,20,25)(H,21,26)(H,22,24)/t17-/m1/s1. The molecule has 0 saturated heterocycles. The van der Waals surface area contributed by atoms with Gasteiger partial charge in [-0.25, -0.2) is 5.11 Å². The lowest BCUT2D eigenvalue weighted by Crippen LogP contribution is -2.42. The number of rotatable bonds is 9. The van der Waals surface area contributed by atoms with Gasteiger partial charge in [0.15, 0.2) is 6.61 Å². The summed E-state index contributed by atoms with van der Waals surface area (Å²) in [5.41, 5.74) is 6.10. The van der Waals surface area contributed by atoms with Crippen LogP contribution in [0.4, 0.5) is 0 Å². The van der Waals surface area contributed by atoms with E-state index in [0.29, 0.717) is 16.9 Å². The summed E-state index contributed by atoms with van der Waals surface area (Å²) in [5, 5.41) is 15.8. The van der Waals surface area contributed by atoms with Gasteiger partial charge in [0.1, 0.15) is 18.4 Å². The van der Waals surface area contributed by atoms with Gasteiger partial charge < -0.3 is 21.1 Å². The number of nitrogens with two attached hydrogens (primary N) is 1. The Hall–Kier alpha value is -3.39. The van der Waals surface area contributed by atoms with Gasteiger partial charge in [-0.1, -0.05) is 30.3 Å². The second-order valence-electron chi connectivity index (χ2n) is 5.58. The number of carbonyl (C=O) groups excluding carboxylic acids is 3. The second-order valence-corrected chi connectivity index (χ2v) is 5.58. The third-order valence-electron chi connectivity index (χ3n) is 3.64. The highest BCUT2D eigenvalue weighted by atomic mass is 16.5. The molecule has 0 bridgehead atoms. The number of nitrogens with one attached hydrogen (secondary N) is 2. The molecule has 2 aromatic carbocycles. The Balaban J connectivity index is 1.87. The second kappa shape index (κ2) is 9.93. The number of amides is 3. The highest BCUT2D eigenvalue weighted by Crippen LogP contribution is 2.13. The number of benzene rings is 2. The lowest BCUT2D eigenvalue weighted by atomic mass is 10.1. The van der Waals surface area contributed by atoms with Crippen LogP contribution in [0.15, 0.2) is 54.6 Å². The van der Waals surface area contributed by atoms with E-state index in [1.807, 2.05) is 0 Å². The van der Waals surface area contributed by atoms with E-state index in [1.165, 1.54) is 0 Å². The lowest BCUT2D eigenvalue weighted by Gasteiger charge is -2.18. The van der Waals surface area contributed by atoms with Gasteiger partial charge >= 0.3 is 0 Å². The van der Waals surface area contributed by atoms with Crippen LogP contribution in [0, 0.1) is 0 Å². The van der Waals surface area contributed by atoms with Crippen molar-refractivity contribution in [1.82, 2.24) is 10.6 Å². The normalized spacial score (nSPS) is 11.3. The summed E-state index contributed by atoms with van der Waals surface area (Å²) in [4.78, 5) is 34.8. The van der Waals surface area contributed by atoms with E-state index in [4.69, 9.17) is 10.5 Å². The molecule has 8 heteroatoms. The zero-order chi connectivity index (χ0) is 19.6. The number of hydrogen-bond acceptors (Lipinski definition) is 4. The Morgan fingerprint density at radius 2 is 1.67 bits per heavy atom. The Morgan fingerprint density at radius 1 is 1.00 bits per heavy atom. The quantitative estimate of drug-likeness (QED) is 0.557. The van der Waals surface area contributed by atoms with Gasteiger partial charge in [0, 0.05) is 5.56 Å². The van der Waals surface area contributed by atoms with Gasteiger partial charge in [0.2, 0.25) is 17.7 Å². The van der Waals surface area contributed by atoms with E-state index in [9.17, 15) is 19.5 Å². The summed E-state index contributed by atoms with van der Waals surface area (Å²) in [5.74, 6) is -1.21. The molecule has 2 rings (SSSR count). The van der Waals surface area contributed by atoms with Gasteiger partial charge in [-0.2, -0.15) is 0 Å². The van der Waals surface area contributed by atoms with Crippen molar-refractivity contribution in [3.05, 3.63) is 65.7 Å². The van der Waals surface area contributed by atoms with Gasteiger partial charge in [0.05, 0.1) is 6.54 Å². The van der Waals surface area contributed by atoms with Gasteiger partial charge in [-0.15, -0.1) is 0 Å². The molecule has 141 valence electrons. The molecule has 0 aliphatic carbocycles. The third kappa shape index (κ3) is 6.12. The zero-order valence-electron chi connectivity index (χ0n) is 14.5. The largest absolute Gasteiger partial charge is 0.492 e. The minimum atomic E-state index is -0.957. The first-order chi connectivity index (χ1) is 13.0. The molecule has 0 spiro atoms. The SMILES string of the molecule is NC(=O)c1ccc(OCCNC(=O)[C@H](NC(=O)C[O])c2ccccc2)cc1. The summed E-state index contributed by atoms with van der Waals surface area (Å²) >= 11 is 0. The highest BCUT2D eigenvalue weighted by molar-refractivity contribution is 5.92. The summed E-state index contributed by atoms with van der Waals surface area (Å²) in [7, 11) is 0. The van der Waals surface area contributed by atoms with Crippen LogP contribution in [-0.4, -0.2) is 37.5 Å². The van der Waals surface area contributed by atoms with Crippen molar-refractivity contribution in [3.8, 4) is 5.75 Å². The van der Waals surface area contributed by atoms with Crippen LogP contribution in [-0.2, 0) is 14.7 Å². The fourth-order valence-corrected chi connectivity index (χ4v) is 2.31. The van der Waals surface area contributed by atoms with E-state index in [-0.39, 0.29) is 13.2 Å². The summed E-state index contributed by atoms with van der Waals surface area (Å²) in [6.07, 6.45) is 0. The van der Waals surface area contributed by atoms with E-state index in [0.717, 1.165) is 0 Å². The number of carbonyl (C=O) groups is 3. The topological polar surface area (TPSA) is 130 Å². The first kappa shape index (κ1) is 19.9. The van der Waals surface area contributed by atoms with Crippen molar-refractivity contribution in [2.75, 3.05) is 19.8 Å². The molecule has 0 unspecified atom stereocenters. The first-order valence-corrected chi connectivity index (χ1v) is 8.24. The van der Waals surface area contributed by atoms with Crippen LogP contribution >= 0.6 is 0 Å². The lowest BCUT2D eigenvalue weighted by molar-refractivity contribution is -0.131. The van der Waals surface area contributed by atoms with Crippen LogP contribution in [0.1, 0.15) is 22.0 Å². The summed E-state index contributed by atoms with van der Waals surface area (Å²) in [6.45, 7) is -0.591. The predicted molar refractivity (Wildman–Crippen MR) is 96.3 cm³/mol. The number of primary amides is 1. The van der Waals surface area contributed by atoms with Crippen molar-refractivity contribution in [2.24, 2.45) is 5.73 Å². The maximum Gasteiger partial charge on any atom is 0.250 e. The Morgan fingerprint density at radius 3 is 2.26 bits per heavy atom.